The summed E-state index contributed by atoms with van der Waals surface area (Å²) in [6, 6.07) is 9.41. The average Bonchev–Trinajstić information content (AvgIpc) is 3.34. The number of fused-ring (bicyclic) bond motifs is 1. The van der Waals surface area contributed by atoms with Gasteiger partial charge < -0.3 is 15.1 Å². The van der Waals surface area contributed by atoms with Gasteiger partial charge in [0.05, 0.1) is 23.5 Å². The molecule has 26 heavy (non-hydrogen) atoms. The van der Waals surface area contributed by atoms with E-state index in [0.717, 1.165) is 12.0 Å². The zero-order valence-corrected chi connectivity index (χ0v) is 14.0. The van der Waals surface area contributed by atoms with Crippen LogP contribution < -0.4 is 11.3 Å². The Hall–Kier alpha value is -3.66. The topological polar surface area (TPSA) is 133 Å². The molecule has 1 aromatic carbocycles. The summed E-state index contributed by atoms with van der Waals surface area (Å²) >= 11 is 0. The number of nitrogens with zero attached hydrogens (tertiary/aromatic N) is 2. The highest BCUT2D eigenvalue weighted by Crippen LogP contribution is 2.22. The molecule has 7 nitrogen and oxygen atoms in total. The Morgan fingerprint density at radius 2 is 2.12 bits per heavy atom. The van der Waals surface area contributed by atoms with Crippen LogP contribution >= 0.6 is 0 Å². The second kappa shape index (κ2) is 7.49. The highest BCUT2D eigenvalue weighted by Gasteiger charge is 2.12. The van der Waals surface area contributed by atoms with Gasteiger partial charge in [-0.1, -0.05) is 6.07 Å². The Balaban J connectivity index is 0.000000158. The van der Waals surface area contributed by atoms with Crippen molar-refractivity contribution in [2.75, 3.05) is 5.73 Å². The van der Waals surface area contributed by atoms with Crippen LogP contribution in [0.1, 0.15) is 34.4 Å². The molecule has 0 saturated heterocycles. The Morgan fingerprint density at radius 1 is 1.31 bits per heavy atom. The number of hydrogen-bond donors (Lipinski definition) is 3. The zero-order chi connectivity index (χ0) is 18.5. The van der Waals surface area contributed by atoms with Crippen molar-refractivity contribution in [2.45, 2.75) is 19.3 Å². The summed E-state index contributed by atoms with van der Waals surface area (Å²) in [7, 11) is 0. The monoisotopic (exact) mass is 347 g/mol. The molecule has 0 bridgehead atoms. The molecule has 0 saturated carbocycles. The quantitative estimate of drug-likeness (QED) is 0.612. The number of pyridine rings is 1. The van der Waals surface area contributed by atoms with Gasteiger partial charge in [0.25, 0.3) is 0 Å². The molecule has 0 unspecified atom stereocenters. The number of nitrogen functional groups attached to an aromatic ring is 1. The maximum absolute atomic E-state index is 11.1. The van der Waals surface area contributed by atoms with Crippen LogP contribution in [0.25, 0.3) is 0 Å². The summed E-state index contributed by atoms with van der Waals surface area (Å²) in [5, 5.41) is 16.4. The molecule has 0 amide bonds. The van der Waals surface area contributed by atoms with Crippen LogP contribution in [0.15, 0.2) is 52.3 Å². The molecule has 0 spiro atoms. The van der Waals surface area contributed by atoms with Crippen molar-refractivity contribution in [2.24, 2.45) is 0 Å². The van der Waals surface area contributed by atoms with E-state index in [1.165, 1.54) is 48.8 Å². The Kier molecular flexibility index (Phi) is 4.94. The van der Waals surface area contributed by atoms with Crippen molar-refractivity contribution in [3.05, 3.63) is 81.4 Å². The number of hydrogen-bond acceptors (Lipinski definition) is 6. The second-order valence-electron chi connectivity index (χ2n) is 5.86. The number of benzene rings is 1. The first-order valence-electron chi connectivity index (χ1n) is 8.06. The number of H-pyrrole nitrogens is 1. The lowest BCUT2D eigenvalue weighted by atomic mass is 10.1. The Bertz CT molecular complexity index is 1030. The molecule has 0 atom stereocenters. The third-order valence-electron chi connectivity index (χ3n) is 4.13. The fourth-order valence-corrected chi connectivity index (χ4v) is 2.81. The van der Waals surface area contributed by atoms with Gasteiger partial charge in [0, 0.05) is 17.8 Å². The van der Waals surface area contributed by atoms with Gasteiger partial charge in [-0.15, -0.1) is 0 Å². The van der Waals surface area contributed by atoms with E-state index in [9.17, 15) is 4.79 Å². The van der Waals surface area contributed by atoms with Gasteiger partial charge >= 0.3 is 0 Å². The minimum Gasteiger partial charge on any atom is -0.442 e. The number of aromatic nitrogens is 2. The van der Waals surface area contributed by atoms with Crippen LogP contribution in [0.2, 0.25) is 0 Å². The molecule has 0 radical (unpaired) electrons. The molecule has 1 aliphatic rings. The highest BCUT2D eigenvalue weighted by atomic mass is 16.3. The van der Waals surface area contributed by atoms with Gasteiger partial charge in [0.2, 0.25) is 5.56 Å². The smallest absolute Gasteiger partial charge is 0.248 e. The summed E-state index contributed by atoms with van der Waals surface area (Å²) in [5.41, 5.74) is 9.60. The fraction of sp³-hybridized carbons (Fsp3) is 0.158. The maximum atomic E-state index is 11.1. The van der Waals surface area contributed by atoms with E-state index in [1.807, 2.05) is 12.1 Å². The molecule has 7 heteroatoms. The first-order valence-corrected chi connectivity index (χ1v) is 8.06. The SMILES string of the molecule is N#Cc1ccc2c(c1)CCC2.N=C(c1cnco1)c1cc(=O)[nH]cc1N. The van der Waals surface area contributed by atoms with Gasteiger partial charge in [-0.2, -0.15) is 5.26 Å². The van der Waals surface area contributed by atoms with Crippen molar-refractivity contribution >= 4 is 11.4 Å². The van der Waals surface area contributed by atoms with Gasteiger partial charge in [-0.05, 0) is 42.5 Å². The van der Waals surface area contributed by atoms with Crippen molar-refractivity contribution in [3.63, 3.8) is 0 Å². The fourth-order valence-electron chi connectivity index (χ4n) is 2.81. The van der Waals surface area contributed by atoms with Crippen molar-refractivity contribution in [3.8, 4) is 6.07 Å². The third-order valence-corrected chi connectivity index (χ3v) is 4.13. The third kappa shape index (κ3) is 3.70. The number of oxazole rings is 1. The van der Waals surface area contributed by atoms with E-state index in [4.69, 9.17) is 20.8 Å². The lowest BCUT2D eigenvalue weighted by molar-refractivity contribution is 0.548. The van der Waals surface area contributed by atoms with E-state index in [-0.39, 0.29) is 17.0 Å². The second-order valence-corrected chi connectivity index (χ2v) is 5.86. The van der Waals surface area contributed by atoms with Crippen molar-refractivity contribution in [1.82, 2.24) is 9.97 Å². The number of aromatic amines is 1. The average molecular weight is 347 g/mol. The van der Waals surface area contributed by atoms with Gasteiger partial charge in [0.1, 0.15) is 5.71 Å². The van der Waals surface area contributed by atoms with E-state index in [0.29, 0.717) is 11.3 Å². The standard InChI is InChI=1S/C10H9N.C9H8N4O2/c11-7-8-4-5-9-2-1-3-10(9)6-8;10-6-2-13-8(14)1-5(6)9(11)7-3-12-4-15-7/h4-6H,1-3H2;1-4,11H,10H2,(H,13,14). The van der Waals surface area contributed by atoms with Gasteiger partial charge in [0.15, 0.2) is 12.2 Å². The lowest BCUT2D eigenvalue weighted by Crippen LogP contribution is -2.12. The zero-order valence-electron chi connectivity index (χ0n) is 14.0. The van der Waals surface area contributed by atoms with Crippen LogP contribution in [-0.2, 0) is 12.8 Å². The molecular weight excluding hydrogens is 330 g/mol. The van der Waals surface area contributed by atoms with Crippen LogP contribution in [-0.4, -0.2) is 15.7 Å². The predicted molar refractivity (Wildman–Crippen MR) is 97.1 cm³/mol. The largest absolute Gasteiger partial charge is 0.442 e. The predicted octanol–water partition coefficient (Wildman–Crippen LogP) is 2.41. The molecule has 2 aromatic heterocycles. The van der Waals surface area contributed by atoms with E-state index < -0.39 is 0 Å². The number of nitriles is 1. The number of aryl methyl sites for hydroxylation is 2. The lowest BCUT2D eigenvalue weighted by Gasteiger charge is -2.02. The molecule has 0 fully saturated rings. The van der Waals surface area contributed by atoms with E-state index in [2.05, 4.69) is 22.1 Å². The minimum atomic E-state index is -0.316. The molecular formula is C19H17N5O2. The first-order chi connectivity index (χ1) is 12.6. The van der Waals surface area contributed by atoms with Crippen molar-refractivity contribution < 1.29 is 4.42 Å². The summed E-state index contributed by atoms with van der Waals surface area (Å²) in [6.45, 7) is 0. The number of anilines is 1. The first kappa shape index (κ1) is 17.2. The summed E-state index contributed by atoms with van der Waals surface area (Å²) in [5.74, 6) is 0.271. The number of nitrogens with one attached hydrogen (secondary N) is 2. The number of rotatable bonds is 2. The molecule has 3 aromatic rings. The molecule has 4 N–H and O–H groups in total. The Labute approximate surface area is 149 Å². The summed E-state index contributed by atoms with van der Waals surface area (Å²) < 4.78 is 4.94. The van der Waals surface area contributed by atoms with Crippen LogP contribution in [0.3, 0.4) is 0 Å². The van der Waals surface area contributed by atoms with Crippen LogP contribution in [0, 0.1) is 16.7 Å². The highest BCUT2D eigenvalue weighted by molar-refractivity contribution is 6.11. The summed E-state index contributed by atoms with van der Waals surface area (Å²) in [6.07, 6.45) is 7.56. The van der Waals surface area contributed by atoms with Crippen molar-refractivity contribution in [1.29, 1.82) is 10.7 Å². The molecule has 2 heterocycles. The molecule has 130 valence electrons. The molecule has 0 aliphatic heterocycles. The maximum Gasteiger partial charge on any atom is 0.248 e. The van der Waals surface area contributed by atoms with Gasteiger partial charge in [-0.25, -0.2) is 4.98 Å². The van der Waals surface area contributed by atoms with Crippen LogP contribution in [0.5, 0.6) is 0 Å². The molecule has 4 rings (SSSR count). The number of nitrogens with two attached hydrogens (primary N) is 1. The Morgan fingerprint density at radius 3 is 2.85 bits per heavy atom. The molecule has 1 aliphatic carbocycles. The minimum absolute atomic E-state index is 0.0381. The summed E-state index contributed by atoms with van der Waals surface area (Å²) in [4.78, 5) is 17.2. The van der Waals surface area contributed by atoms with Crippen LogP contribution in [0.4, 0.5) is 5.69 Å². The van der Waals surface area contributed by atoms with E-state index >= 15 is 0 Å². The van der Waals surface area contributed by atoms with Gasteiger partial charge in [-0.3, -0.25) is 10.2 Å². The normalized spacial score (nSPS) is 11.8. The van der Waals surface area contributed by atoms with E-state index in [1.54, 1.807) is 0 Å².